The molecule has 1 aromatic carbocycles. The quantitative estimate of drug-likeness (QED) is 0.533. The predicted octanol–water partition coefficient (Wildman–Crippen LogP) is 3.07. The third-order valence-corrected chi connectivity index (χ3v) is 5.14. The van der Waals surface area contributed by atoms with Crippen LogP contribution < -0.4 is 9.47 Å². The molecule has 4 aromatic rings. The summed E-state index contributed by atoms with van der Waals surface area (Å²) in [7, 11) is 3.25. The summed E-state index contributed by atoms with van der Waals surface area (Å²) in [6.07, 6.45) is 0.561. The Labute approximate surface area is 153 Å². The fourth-order valence-corrected chi connectivity index (χ4v) is 3.65. The average molecular weight is 371 g/mol. The van der Waals surface area contributed by atoms with E-state index in [2.05, 4.69) is 20.5 Å². The predicted molar refractivity (Wildman–Crippen MR) is 96.0 cm³/mol. The first-order valence-electron chi connectivity index (χ1n) is 7.96. The summed E-state index contributed by atoms with van der Waals surface area (Å²) < 4.78 is 17.7. The van der Waals surface area contributed by atoms with Gasteiger partial charge < -0.3 is 14.0 Å². The monoisotopic (exact) mass is 371 g/mol. The summed E-state index contributed by atoms with van der Waals surface area (Å²) in [5.41, 5.74) is 2.74. The first-order chi connectivity index (χ1) is 12.6. The van der Waals surface area contributed by atoms with E-state index in [-0.39, 0.29) is 0 Å². The fourth-order valence-electron chi connectivity index (χ4n) is 2.76. The summed E-state index contributed by atoms with van der Waals surface area (Å²) in [4.78, 5) is 0.722. The zero-order chi connectivity index (χ0) is 18.3. The third-order valence-electron chi connectivity index (χ3n) is 4.21. The summed E-state index contributed by atoms with van der Waals surface area (Å²) in [6, 6.07) is 5.64. The van der Waals surface area contributed by atoms with Crippen LogP contribution in [-0.4, -0.2) is 39.2 Å². The molecule has 0 saturated carbocycles. The molecule has 0 N–H and O–H groups in total. The second-order valence-corrected chi connectivity index (χ2v) is 6.72. The number of aromatic nitrogens is 5. The van der Waals surface area contributed by atoms with Crippen LogP contribution >= 0.6 is 11.3 Å². The standard InChI is InChI=1S/C17H17N5O3S/c1-9-13(10(2)25-21-9)8-15-18-19-17-22(15)20-16(26-17)12-6-5-11(23-3)7-14(12)24-4/h5-7H,8H2,1-4H3. The molecule has 9 heteroatoms. The molecule has 3 aromatic heterocycles. The molecule has 0 aliphatic heterocycles. The molecule has 0 fully saturated rings. The van der Waals surface area contributed by atoms with Gasteiger partial charge in [0, 0.05) is 18.1 Å². The zero-order valence-corrected chi connectivity index (χ0v) is 15.6. The van der Waals surface area contributed by atoms with Gasteiger partial charge in [-0.25, -0.2) is 0 Å². The Kier molecular flexibility index (Phi) is 4.08. The Bertz CT molecular complexity index is 1060. The van der Waals surface area contributed by atoms with E-state index in [9.17, 15) is 0 Å². The van der Waals surface area contributed by atoms with Gasteiger partial charge in [-0.05, 0) is 26.0 Å². The van der Waals surface area contributed by atoms with Gasteiger partial charge in [0.1, 0.15) is 17.3 Å². The highest BCUT2D eigenvalue weighted by molar-refractivity contribution is 7.19. The second kappa shape index (κ2) is 6.41. The van der Waals surface area contributed by atoms with Crippen LogP contribution in [0, 0.1) is 13.8 Å². The van der Waals surface area contributed by atoms with E-state index in [1.165, 1.54) is 11.3 Å². The van der Waals surface area contributed by atoms with Gasteiger partial charge in [0.05, 0.1) is 25.5 Å². The number of aryl methyl sites for hydroxylation is 2. The Morgan fingerprint density at radius 3 is 2.69 bits per heavy atom. The van der Waals surface area contributed by atoms with E-state index in [0.717, 1.165) is 44.1 Å². The molecule has 0 bridgehead atoms. The van der Waals surface area contributed by atoms with E-state index in [1.807, 2.05) is 32.0 Å². The average Bonchev–Trinajstić information content (AvgIpc) is 3.32. The van der Waals surface area contributed by atoms with Crippen LogP contribution in [0.5, 0.6) is 11.5 Å². The van der Waals surface area contributed by atoms with Crippen molar-refractivity contribution < 1.29 is 14.0 Å². The molecule has 0 aliphatic rings. The van der Waals surface area contributed by atoms with Crippen LogP contribution in [0.2, 0.25) is 0 Å². The maximum atomic E-state index is 5.48. The smallest absolute Gasteiger partial charge is 0.234 e. The van der Waals surface area contributed by atoms with Crippen LogP contribution in [0.15, 0.2) is 22.7 Å². The van der Waals surface area contributed by atoms with Crippen molar-refractivity contribution in [1.29, 1.82) is 0 Å². The Morgan fingerprint density at radius 2 is 2.00 bits per heavy atom. The second-order valence-electron chi connectivity index (χ2n) is 5.76. The summed E-state index contributed by atoms with van der Waals surface area (Å²) >= 11 is 1.45. The van der Waals surface area contributed by atoms with Crippen molar-refractivity contribution >= 4 is 16.3 Å². The fraction of sp³-hybridized carbons (Fsp3) is 0.294. The highest BCUT2D eigenvalue weighted by atomic mass is 32.1. The van der Waals surface area contributed by atoms with E-state index in [0.29, 0.717) is 12.2 Å². The number of hydrogen-bond acceptors (Lipinski definition) is 8. The van der Waals surface area contributed by atoms with Gasteiger partial charge in [0.15, 0.2) is 10.8 Å². The molecule has 26 heavy (non-hydrogen) atoms. The largest absolute Gasteiger partial charge is 0.497 e. The Balaban J connectivity index is 1.75. The molecule has 0 spiro atoms. The lowest BCUT2D eigenvalue weighted by atomic mass is 10.1. The number of methoxy groups -OCH3 is 2. The first-order valence-corrected chi connectivity index (χ1v) is 8.77. The highest BCUT2D eigenvalue weighted by Crippen LogP contribution is 2.35. The van der Waals surface area contributed by atoms with Crippen molar-refractivity contribution in [2.75, 3.05) is 14.2 Å². The molecule has 3 heterocycles. The Morgan fingerprint density at radius 1 is 1.15 bits per heavy atom. The summed E-state index contributed by atoms with van der Waals surface area (Å²) in [5.74, 6) is 2.95. The number of benzene rings is 1. The van der Waals surface area contributed by atoms with Crippen LogP contribution in [0.25, 0.3) is 15.5 Å². The van der Waals surface area contributed by atoms with Gasteiger partial charge in [-0.15, -0.1) is 10.2 Å². The van der Waals surface area contributed by atoms with Gasteiger partial charge in [0.2, 0.25) is 4.96 Å². The molecule has 8 nitrogen and oxygen atoms in total. The Hall–Kier alpha value is -2.94. The molecule has 0 saturated heterocycles. The minimum atomic E-state index is 0.561. The number of rotatable bonds is 5. The van der Waals surface area contributed by atoms with Crippen LogP contribution in [0.3, 0.4) is 0 Å². The molecule has 0 radical (unpaired) electrons. The number of fused-ring (bicyclic) bond motifs is 1. The normalized spacial score (nSPS) is 11.2. The molecule has 0 amide bonds. The number of nitrogens with zero attached hydrogens (tertiary/aromatic N) is 5. The highest BCUT2D eigenvalue weighted by Gasteiger charge is 2.19. The van der Waals surface area contributed by atoms with E-state index in [4.69, 9.17) is 14.0 Å². The maximum absolute atomic E-state index is 5.48. The molecule has 0 unspecified atom stereocenters. The van der Waals surface area contributed by atoms with E-state index >= 15 is 0 Å². The van der Waals surface area contributed by atoms with Crippen molar-refractivity contribution in [3.63, 3.8) is 0 Å². The number of hydrogen-bond donors (Lipinski definition) is 0. The first kappa shape index (κ1) is 16.5. The van der Waals surface area contributed by atoms with Gasteiger partial charge in [0.25, 0.3) is 0 Å². The van der Waals surface area contributed by atoms with Crippen LogP contribution in [-0.2, 0) is 6.42 Å². The summed E-state index contributed by atoms with van der Waals surface area (Å²) in [5, 5.41) is 18.0. The SMILES string of the molecule is COc1ccc(-c2nn3c(Cc4c(C)noc4C)nnc3s2)c(OC)c1. The maximum Gasteiger partial charge on any atom is 0.234 e. The minimum absolute atomic E-state index is 0.561. The molecular formula is C17H17N5O3S. The lowest BCUT2D eigenvalue weighted by molar-refractivity contribution is 0.392. The van der Waals surface area contributed by atoms with Crippen LogP contribution in [0.4, 0.5) is 0 Å². The summed E-state index contributed by atoms with van der Waals surface area (Å²) in [6.45, 7) is 3.81. The van der Waals surface area contributed by atoms with Gasteiger partial charge >= 0.3 is 0 Å². The van der Waals surface area contributed by atoms with Crippen molar-refractivity contribution in [1.82, 2.24) is 25.0 Å². The minimum Gasteiger partial charge on any atom is -0.497 e. The topological polar surface area (TPSA) is 87.6 Å². The molecule has 0 atom stereocenters. The van der Waals surface area contributed by atoms with Crippen molar-refractivity contribution in [2.45, 2.75) is 20.3 Å². The van der Waals surface area contributed by atoms with Crippen molar-refractivity contribution in [3.05, 3.63) is 41.0 Å². The van der Waals surface area contributed by atoms with Crippen molar-refractivity contribution in [2.24, 2.45) is 0 Å². The van der Waals surface area contributed by atoms with Gasteiger partial charge in [-0.3, -0.25) is 0 Å². The third kappa shape index (κ3) is 2.70. The lowest BCUT2D eigenvalue weighted by Crippen LogP contribution is -1.99. The van der Waals surface area contributed by atoms with Crippen LogP contribution in [0.1, 0.15) is 22.8 Å². The van der Waals surface area contributed by atoms with E-state index < -0.39 is 0 Å². The molecule has 0 aliphatic carbocycles. The number of ether oxygens (including phenoxy) is 2. The van der Waals surface area contributed by atoms with E-state index in [1.54, 1.807) is 18.7 Å². The molecule has 134 valence electrons. The molecule has 4 rings (SSSR count). The lowest BCUT2D eigenvalue weighted by Gasteiger charge is -2.07. The van der Waals surface area contributed by atoms with Crippen molar-refractivity contribution in [3.8, 4) is 22.1 Å². The molecular weight excluding hydrogens is 354 g/mol. The van der Waals surface area contributed by atoms with Gasteiger partial charge in [-0.1, -0.05) is 16.5 Å². The van der Waals surface area contributed by atoms with Gasteiger partial charge in [-0.2, -0.15) is 9.61 Å². The zero-order valence-electron chi connectivity index (χ0n) is 14.8.